The van der Waals surface area contributed by atoms with Gasteiger partial charge in [-0.05, 0) is 49.9 Å². The van der Waals surface area contributed by atoms with Gasteiger partial charge in [0.2, 0.25) is 0 Å². The van der Waals surface area contributed by atoms with E-state index < -0.39 is 11.4 Å². The Hall–Kier alpha value is -2.56. The number of anilines is 1. The van der Waals surface area contributed by atoms with E-state index in [4.69, 9.17) is 4.98 Å². The Bertz CT molecular complexity index is 820. The van der Waals surface area contributed by atoms with Gasteiger partial charge in [0.15, 0.2) is 0 Å². The number of benzene rings is 1. The summed E-state index contributed by atoms with van der Waals surface area (Å²) in [6.07, 6.45) is 1.45. The molecular weight excluding hydrogens is 304 g/mol. The van der Waals surface area contributed by atoms with E-state index in [0.29, 0.717) is 13.0 Å². The highest BCUT2D eigenvalue weighted by Crippen LogP contribution is 2.58. The number of piperidine rings is 1. The van der Waals surface area contributed by atoms with Crippen molar-refractivity contribution in [2.24, 2.45) is 11.3 Å². The smallest absolute Gasteiger partial charge is 0.310 e. The normalized spacial score (nSPS) is 25.2. The Morgan fingerprint density at radius 3 is 2.92 bits per heavy atom. The number of nitrogens with zero attached hydrogens (tertiary/aromatic N) is 2. The van der Waals surface area contributed by atoms with Crippen LogP contribution in [0.4, 0.5) is 5.82 Å². The second-order valence-corrected chi connectivity index (χ2v) is 6.96. The molecule has 2 fully saturated rings. The van der Waals surface area contributed by atoms with E-state index in [2.05, 4.69) is 4.90 Å². The number of aliphatic carboxylic acids is 1. The Kier molecular flexibility index (Phi) is 3.27. The molecule has 1 aliphatic carbocycles. The minimum atomic E-state index is -0.654. The minimum absolute atomic E-state index is 0.219. The lowest BCUT2D eigenvalue weighted by Crippen LogP contribution is -2.38. The third-order valence-electron chi connectivity index (χ3n) is 5.41. The fourth-order valence-corrected chi connectivity index (χ4v) is 3.80. The van der Waals surface area contributed by atoms with Gasteiger partial charge in [-0.25, -0.2) is 4.98 Å². The first-order valence-corrected chi connectivity index (χ1v) is 8.25. The van der Waals surface area contributed by atoms with Gasteiger partial charge in [0, 0.05) is 18.7 Å². The number of hydrogen-bond donors (Lipinski definition) is 2. The zero-order valence-corrected chi connectivity index (χ0v) is 13.6. The summed E-state index contributed by atoms with van der Waals surface area (Å²) in [5.41, 5.74) is 2.04. The maximum absolute atomic E-state index is 11.4. The highest BCUT2D eigenvalue weighted by molar-refractivity contribution is 5.79. The maximum Gasteiger partial charge on any atom is 0.310 e. The van der Waals surface area contributed by atoms with Crippen LogP contribution >= 0.6 is 0 Å². The van der Waals surface area contributed by atoms with Crippen molar-refractivity contribution in [2.75, 3.05) is 18.0 Å². The molecule has 1 aliphatic heterocycles. The fraction of sp³-hybridized carbons (Fsp3) is 0.368. The molecule has 2 atom stereocenters. The van der Waals surface area contributed by atoms with Gasteiger partial charge in [0.25, 0.3) is 0 Å². The van der Waals surface area contributed by atoms with Crippen LogP contribution in [0.25, 0.3) is 11.3 Å². The second kappa shape index (κ2) is 5.23. The fourth-order valence-electron chi connectivity index (χ4n) is 3.80. The van der Waals surface area contributed by atoms with Crippen LogP contribution in [0, 0.1) is 18.3 Å². The van der Waals surface area contributed by atoms with Gasteiger partial charge in [-0.2, -0.15) is 0 Å². The molecule has 0 bridgehead atoms. The molecule has 1 aromatic carbocycles. The third kappa shape index (κ3) is 2.31. The number of carboxylic acid groups (broad SMARTS) is 1. The molecule has 2 aliphatic rings. The highest BCUT2D eigenvalue weighted by atomic mass is 16.4. The lowest BCUT2D eigenvalue weighted by atomic mass is 9.95. The van der Waals surface area contributed by atoms with Crippen molar-refractivity contribution in [3.8, 4) is 17.0 Å². The van der Waals surface area contributed by atoms with Gasteiger partial charge in [-0.3, -0.25) is 4.79 Å². The largest absolute Gasteiger partial charge is 0.507 e. The Morgan fingerprint density at radius 1 is 1.33 bits per heavy atom. The van der Waals surface area contributed by atoms with Crippen molar-refractivity contribution in [1.29, 1.82) is 0 Å². The molecule has 24 heavy (non-hydrogen) atoms. The Labute approximate surface area is 140 Å². The van der Waals surface area contributed by atoms with Gasteiger partial charge in [0.1, 0.15) is 11.6 Å². The molecule has 2 N–H and O–H groups in total. The number of aryl methyl sites for hydroxylation is 1. The summed E-state index contributed by atoms with van der Waals surface area (Å²) in [6.45, 7) is 3.43. The summed E-state index contributed by atoms with van der Waals surface area (Å²) < 4.78 is 0. The Morgan fingerprint density at radius 2 is 2.17 bits per heavy atom. The number of aromatic nitrogens is 1. The topological polar surface area (TPSA) is 73.7 Å². The van der Waals surface area contributed by atoms with E-state index in [-0.39, 0.29) is 11.7 Å². The summed E-state index contributed by atoms with van der Waals surface area (Å²) in [7, 11) is 0. The van der Waals surface area contributed by atoms with Crippen molar-refractivity contribution in [3.05, 3.63) is 42.0 Å². The predicted octanol–water partition coefficient (Wildman–Crippen LogP) is 3.06. The molecule has 2 aromatic rings. The summed E-state index contributed by atoms with van der Waals surface area (Å²) in [6, 6.07) is 11.3. The molecule has 0 spiro atoms. The zero-order chi connectivity index (χ0) is 16.9. The zero-order valence-electron chi connectivity index (χ0n) is 13.6. The number of fused-ring (bicyclic) bond motifs is 1. The first-order valence-electron chi connectivity index (χ1n) is 8.25. The van der Waals surface area contributed by atoms with E-state index in [1.54, 1.807) is 6.07 Å². The number of carboxylic acids is 1. The van der Waals surface area contributed by atoms with Gasteiger partial charge >= 0.3 is 5.97 Å². The van der Waals surface area contributed by atoms with E-state index >= 15 is 0 Å². The molecule has 0 unspecified atom stereocenters. The van der Waals surface area contributed by atoms with Crippen LogP contribution in [0.3, 0.4) is 0 Å². The number of rotatable bonds is 3. The SMILES string of the molecule is Cc1ccc(O)c(-c2cccc(N3CC[C@@]4(C(=O)O)C[C@H]4C3)n2)c1. The molecule has 124 valence electrons. The summed E-state index contributed by atoms with van der Waals surface area (Å²) in [5.74, 6) is 0.635. The lowest BCUT2D eigenvalue weighted by molar-refractivity contribution is -0.144. The number of aromatic hydroxyl groups is 1. The van der Waals surface area contributed by atoms with E-state index in [0.717, 1.165) is 35.6 Å². The van der Waals surface area contributed by atoms with Crippen LogP contribution in [0.15, 0.2) is 36.4 Å². The summed E-state index contributed by atoms with van der Waals surface area (Å²) >= 11 is 0. The van der Waals surface area contributed by atoms with Crippen molar-refractivity contribution in [3.63, 3.8) is 0 Å². The summed E-state index contributed by atoms with van der Waals surface area (Å²) in [5, 5.41) is 19.5. The predicted molar refractivity (Wildman–Crippen MR) is 91.1 cm³/mol. The first-order chi connectivity index (χ1) is 11.5. The second-order valence-electron chi connectivity index (χ2n) is 6.96. The van der Waals surface area contributed by atoms with Crippen LogP contribution in [0.1, 0.15) is 18.4 Å². The first kappa shape index (κ1) is 15.0. The third-order valence-corrected chi connectivity index (χ3v) is 5.41. The Balaban J connectivity index is 1.60. The molecule has 1 aromatic heterocycles. The molecule has 5 heteroatoms. The minimum Gasteiger partial charge on any atom is -0.507 e. The molecule has 1 saturated carbocycles. The van der Waals surface area contributed by atoms with E-state index in [1.807, 2.05) is 37.3 Å². The molecule has 5 nitrogen and oxygen atoms in total. The van der Waals surface area contributed by atoms with Crippen molar-refractivity contribution in [2.45, 2.75) is 19.8 Å². The summed E-state index contributed by atoms with van der Waals surface area (Å²) in [4.78, 5) is 18.3. The quantitative estimate of drug-likeness (QED) is 0.908. The standard InChI is InChI=1S/C19H20N2O3/c1-12-5-6-16(22)14(9-12)15-3-2-4-17(20-15)21-8-7-19(18(23)24)10-13(19)11-21/h2-6,9,13,22H,7-8,10-11H2,1H3,(H,23,24)/t13-,19+/m0/s1. The molecule has 2 heterocycles. The molecular formula is C19H20N2O3. The van der Waals surface area contributed by atoms with Gasteiger partial charge in [-0.1, -0.05) is 17.7 Å². The van der Waals surface area contributed by atoms with Crippen LogP contribution in [-0.4, -0.2) is 34.3 Å². The number of phenolic OH excluding ortho intramolecular Hbond substituents is 1. The number of carbonyl (C=O) groups is 1. The van der Waals surface area contributed by atoms with E-state index in [1.165, 1.54) is 0 Å². The van der Waals surface area contributed by atoms with Crippen LogP contribution in [0.2, 0.25) is 0 Å². The number of pyridine rings is 1. The molecule has 0 amide bonds. The monoisotopic (exact) mass is 324 g/mol. The van der Waals surface area contributed by atoms with Gasteiger partial charge < -0.3 is 15.1 Å². The highest BCUT2D eigenvalue weighted by Gasteiger charge is 2.62. The van der Waals surface area contributed by atoms with Crippen molar-refractivity contribution < 1.29 is 15.0 Å². The van der Waals surface area contributed by atoms with Crippen LogP contribution < -0.4 is 4.90 Å². The number of hydrogen-bond acceptors (Lipinski definition) is 4. The van der Waals surface area contributed by atoms with Crippen LogP contribution in [0.5, 0.6) is 5.75 Å². The molecule has 4 rings (SSSR count). The average molecular weight is 324 g/mol. The number of phenols is 1. The molecule has 0 radical (unpaired) electrons. The lowest BCUT2D eigenvalue weighted by Gasteiger charge is -2.30. The van der Waals surface area contributed by atoms with Gasteiger partial charge in [0.05, 0.1) is 11.1 Å². The molecule has 1 saturated heterocycles. The average Bonchev–Trinajstić information content (AvgIpc) is 3.32. The van der Waals surface area contributed by atoms with Gasteiger partial charge in [-0.15, -0.1) is 0 Å². The van der Waals surface area contributed by atoms with E-state index in [9.17, 15) is 15.0 Å². The van der Waals surface area contributed by atoms with Crippen molar-refractivity contribution in [1.82, 2.24) is 4.98 Å². The maximum atomic E-state index is 11.4. The van der Waals surface area contributed by atoms with Crippen LogP contribution in [-0.2, 0) is 4.79 Å². The van der Waals surface area contributed by atoms with Crippen molar-refractivity contribution >= 4 is 11.8 Å².